The van der Waals surface area contributed by atoms with E-state index in [0.29, 0.717) is 31.2 Å². The molecular formula is C14H23NO4. The summed E-state index contributed by atoms with van der Waals surface area (Å²) >= 11 is 0. The summed E-state index contributed by atoms with van der Waals surface area (Å²) in [6.45, 7) is 5.64. The number of nitrogens with one attached hydrogen (secondary N) is 1. The van der Waals surface area contributed by atoms with Gasteiger partial charge in [0.15, 0.2) is 11.5 Å². The third-order valence-corrected chi connectivity index (χ3v) is 2.43. The van der Waals surface area contributed by atoms with Gasteiger partial charge in [-0.15, -0.1) is 0 Å². The summed E-state index contributed by atoms with van der Waals surface area (Å²) in [5.41, 5.74) is 1.06. The summed E-state index contributed by atoms with van der Waals surface area (Å²) in [6.07, 6.45) is -0.362. The maximum atomic E-state index is 9.18. The number of rotatable bonds is 9. The molecule has 5 nitrogen and oxygen atoms in total. The second-order valence-corrected chi connectivity index (χ2v) is 4.27. The topological polar surface area (TPSA) is 71.0 Å². The number of benzene rings is 1. The number of hydrogen-bond donors (Lipinski definition) is 3. The highest BCUT2D eigenvalue weighted by molar-refractivity contribution is 5.43. The first-order chi connectivity index (χ1) is 9.17. The Morgan fingerprint density at radius 1 is 1.26 bits per heavy atom. The summed E-state index contributed by atoms with van der Waals surface area (Å²) < 4.78 is 10.9. The Morgan fingerprint density at radius 2 is 2.05 bits per heavy atom. The number of ether oxygens (including phenoxy) is 2. The van der Waals surface area contributed by atoms with E-state index >= 15 is 0 Å². The van der Waals surface area contributed by atoms with Crippen LogP contribution in [-0.2, 0) is 6.54 Å². The lowest BCUT2D eigenvalue weighted by Crippen LogP contribution is -2.23. The van der Waals surface area contributed by atoms with Crippen molar-refractivity contribution in [1.82, 2.24) is 5.32 Å². The van der Waals surface area contributed by atoms with Gasteiger partial charge in [-0.1, -0.05) is 6.07 Å². The molecule has 0 radical (unpaired) electrons. The number of aliphatic hydroxyl groups is 2. The number of aliphatic hydroxyl groups excluding tert-OH is 2. The molecule has 1 unspecified atom stereocenters. The molecule has 0 spiro atoms. The largest absolute Gasteiger partial charge is 0.490 e. The molecule has 0 fully saturated rings. The first-order valence-electron chi connectivity index (χ1n) is 6.55. The standard InChI is InChI=1S/C14H23NO4/c1-3-18-14-8-12(10-15-9-11(2)17)4-5-13(14)19-7-6-16/h4-5,8,11,15-17H,3,6-7,9-10H2,1-2H3. The molecule has 1 aromatic rings. The van der Waals surface area contributed by atoms with E-state index in [1.807, 2.05) is 25.1 Å². The lowest BCUT2D eigenvalue weighted by molar-refractivity contribution is 0.190. The normalized spacial score (nSPS) is 12.2. The Kier molecular flexibility index (Phi) is 7.25. The molecule has 0 heterocycles. The van der Waals surface area contributed by atoms with Crippen molar-refractivity contribution in [3.05, 3.63) is 23.8 Å². The van der Waals surface area contributed by atoms with Gasteiger partial charge in [0.05, 0.1) is 19.3 Å². The van der Waals surface area contributed by atoms with Crippen LogP contribution in [0.5, 0.6) is 11.5 Å². The first kappa shape index (κ1) is 15.8. The Bertz CT molecular complexity index is 368. The highest BCUT2D eigenvalue weighted by atomic mass is 16.5. The molecule has 0 saturated carbocycles. The lowest BCUT2D eigenvalue weighted by atomic mass is 10.2. The van der Waals surface area contributed by atoms with Crippen LogP contribution in [0.2, 0.25) is 0 Å². The van der Waals surface area contributed by atoms with Gasteiger partial charge in [0.2, 0.25) is 0 Å². The Morgan fingerprint density at radius 3 is 2.68 bits per heavy atom. The predicted octanol–water partition coefficient (Wildman–Crippen LogP) is 0.927. The van der Waals surface area contributed by atoms with Crippen LogP contribution in [0.4, 0.5) is 0 Å². The van der Waals surface area contributed by atoms with Crippen LogP contribution in [0.3, 0.4) is 0 Å². The van der Waals surface area contributed by atoms with E-state index in [2.05, 4.69) is 5.32 Å². The van der Waals surface area contributed by atoms with E-state index in [0.717, 1.165) is 5.56 Å². The van der Waals surface area contributed by atoms with Gasteiger partial charge in [-0.2, -0.15) is 0 Å². The Labute approximate surface area is 114 Å². The molecule has 108 valence electrons. The van der Waals surface area contributed by atoms with Crippen molar-refractivity contribution in [3.63, 3.8) is 0 Å². The zero-order valence-corrected chi connectivity index (χ0v) is 11.6. The van der Waals surface area contributed by atoms with E-state index in [-0.39, 0.29) is 19.3 Å². The third kappa shape index (κ3) is 5.92. The molecule has 0 aliphatic carbocycles. The molecule has 5 heteroatoms. The van der Waals surface area contributed by atoms with Gasteiger partial charge >= 0.3 is 0 Å². The molecule has 3 N–H and O–H groups in total. The van der Waals surface area contributed by atoms with Crippen molar-refractivity contribution in [1.29, 1.82) is 0 Å². The fourth-order valence-electron chi connectivity index (χ4n) is 1.63. The van der Waals surface area contributed by atoms with Crippen LogP contribution >= 0.6 is 0 Å². The minimum atomic E-state index is -0.362. The molecule has 0 bridgehead atoms. The van der Waals surface area contributed by atoms with Crippen LogP contribution in [0.25, 0.3) is 0 Å². The van der Waals surface area contributed by atoms with Gasteiger partial charge in [-0.3, -0.25) is 0 Å². The summed E-state index contributed by atoms with van der Waals surface area (Å²) in [7, 11) is 0. The van der Waals surface area contributed by atoms with Gasteiger partial charge in [0.1, 0.15) is 6.61 Å². The van der Waals surface area contributed by atoms with Crippen molar-refractivity contribution < 1.29 is 19.7 Å². The molecule has 0 aliphatic heterocycles. The van der Waals surface area contributed by atoms with Crippen molar-refractivity contribution in [3.8, 4) is 11.5 Å². The van der Waals surface area contributed by atoms with Crippen LogP contribution in [0.15, 0.2) is 18.2 Å². The minimum absolute atomic E-state index is 0.0245. The van der Waals surface area contributed by atoms with E-state index in [1.54, 1.807) is 6.92 Å². The van der Waals surface area contributed by atoms with Gasteiger partial charge in [-0.25, -0.2) is 0 Å². The van der Waals surface area contributed by atoms with Crippen molar-refractivity contribution in [2.45, 2.75) is 26.5 Å². The first-order valence-corrected chi connectivity index (χ1v) is 6.55. The van der Waals surface area contributed by atoms with Crippen molar-refractivity contribution >= 4 is 0 Å². The average molecular weight is 269 g/mol. The Hall–Kier alpha value is -1.30. The lowest BCUT2D eigenvalue weighted by Gasteiger charge is -2.13. The second kappa shape index (κ2) is 8.74. The molecule has 19 heavy (non-hydrogen) atoms. The zero-order chi connectivity index (χ0) is 14.1. The maximum Gasteiger partial charge on any atom is 0.161 e. The molecule has 1 aromatic carbocycles. The SMILES string of the molecule is CCOc1cc(CNCC(C)O)ccc1OCCO. The zero-order valence-electron chi connectivity index (χ0n) is 11.6. The van der Waals surface area contributed by atoms with Crippen LogP contribution < -0.4 is 14.8 Å². The molecule has 0 saturated heterocycles. The molecule has 0 aliphatic rings. The fraction of sp³-hybridized carbons (Fsp3) is 0.571. The van der Waals surface area contributed by atoms with E-state index in [4.69, 9.17) is 14.6 Å². The van der Waals surface area contributed by atoms with Gasteiger partial charge in [-0.05, 0) is 31.5 Å². The molecule has 0 aromatic heterocycles. The van der Waals surface area contributed by atoms with E-state index in [1.165, 1.54) is 0 Å². The quantitative estimate of drug-likeness (QED) is 0.622. The molecule has 1 atom stereocenters. The Balaban J connectivity index is 2.65. The van der Waals surface area contributed by atoms with Gasteiger partial charge < -0.3 is 25.0 Å². The smallest absolute Gasteiger partial charge is 0.161 e. The van der Waals surface area contributed by atoms with Crippen LogP contribution in [0.1, 0.15) is 19.4 Å². The van der Waals surface area contributed by atoms with Crippen LogP contribution in [-0.4, -0.2) is 42.7 Å². The summed E-state index contributed by atoms with van der Waals surface area (Å²) in [5, 5.41) is 21.1. The third-order valence-electron chi connectivity index (χ3n) is 2.43. The fourth-order valence-corrected chi connectivity index (χ4v) is 1.63. The minimum Gasteiger partial charge on any atom is -0.490 e. The van der Waals surface area contributed by atoms with Gasteiger partial charge in [0.25, 0.3) is 0 Å². The molecule has 0 amide bonds. The number of hydrogen-bond acceptors (Lipinski definition) is 5. The molecule has 1 rings (SSSR count). The molecular weight excluding hydrogens is 246 g/mol. The van der Waals surface area contributed by atoms with Crippen molar-refractivity contribution in [2.75, 3.05) is 26.4 Å². The summed E-state index contributed by atoms with van der Waals surface area (Å²) in [4.78, 5) is 0. The predicted molar refractivity (Wildman–Crippen MR) is 73.6 cm³/mol. The monoisotopic (exact) mass is 269 g/mol. The highest BCUT2D eigenvalue weighted by Crippen LogP contribution is 2.28. The van der Waals surface area contributed by atoms with Gasteiger partial charge in [0, 0.05) is 13.1 Å². The summed E-state index contributed by atoms with van der Waals surface area (Å²) in [6, 6.07) is 5.68. The summed E-state index contributed by atoms with van der Waals surface area (Å²) in [5.74, 6) is 1.31. The van der Waals surface area contributed by atoms with E-state index < -0.39 is 0 Å². The van der Waals surface area contributed by atoms with Crippen molar-refractivity contribution in [2.24, 2.45) is 0 Å². The average Bonchev–Trinajstić information content (AvgIpc) is 2.38. The maximum absolute atomic E-state index is 9.18. The highest BCUT2D eigenvalue weighted by Gasteiger charge is 2.06. The van der Waals surface area contributed by atoms with Crippen LogP contribution in [0, 0.1) is 0 Å². The second-order valence-electron chi connectivity index (χ2n) is 4.27. The van der Waals surface area contributed by atoms with E-state index in [9.17, 15) is 5.11 Å².